The summed E-state index contributed by atoms with van der Waals surface area (Å²) in [4.78, 5) is 31.4. The van der Waals surface area contributed by atoms with E-state index in [1.54, 1.807) is 15.5 Å². The van der Waals surface area contributed by atoms with Crippen LogP contribution in [-0.2, 0) is 20.6 Å². The Hall–Kier alpha value is -2.65. The second-order valence-electron chi connectivity index (χ2n) is 6.38. The Morgan fingerprint density at radius 3 is 2.57 bits per heavy atom. The lowest BCUT2D eigenvalue weighted by Gasteiger charge is -2.22. The summed E-state index contributed by atoms with van der Waals surface area (Å²) < 4.78 is 18.2. The van der Waals surface area contributed by atoms with Crippen LogP contribution in [0.1, 0.15) is 12.5 Å². The Balaban J connectivity index is 2.37. The lowest BCUT2D eigenvalue weighted by Crippen LogP contribution is -2.37. The smallest absolute Gasteiger partial charge is 0.332 e. The molecule has 8 nitrogen and oxygen atoms in total. The van der Waals surface area contributed by atoms with Crippen LogP contribution in [0.25, 0.3) is 11.2 Å². The number of nitrogens with zero attached hydrogens (tertiary/aromatic N) is 5. The molecule has 1 N–H and O–H groups in total. The van der Waals surface area contributed by atoms with Crippen molar-refractivity contribution in [2.24, 2.45) is 14.1 Å². The lowest BCUT2D eigenvalue weighted by molar-refractivity contribution is 0.301. The molecule has 3 rings (SSSR count). The van der Waals surface area contributed by atoms with E-state index in [4.69, 9.17) is 11.6 Å². The van der Waals surface area contributed by atoms with Gasteiger partial charge in [0.25, 0.3) is 5.56 Å². The average molecular weight is 410 g/mol. The SMILES string of the molecule is CCN(CCO)c1nc2c(c(=O)n(C)c(=O)n2C)n1Cc1c(F)cccc1Cl. The van der Waals surface area contributed by atoms with Crippen LogP contribution < -0.4 is 16.1 Å². The highest BCUT2D eigenvalue weighted by atomic mass is 35.5. The van der Waals surface area contributed by atoms with E-state index in [2.05, 4.69) is 4.98 Å². The van der Waals surface area contributed by atoms with Crippen molar-refractivity contribution in [3.05, 3.63) is 55.4 Å². The molecule has 0 unspecified atom stereocenters. The minimum Gasteiger partial charge on any atom is -0.395 e. The van der Waals surface area contributed by atoms with Crippen LogP contribution in [-0.4, -0.2) is 43.5 Å². The van der Waals surface area contributed by atoms with Crippen LogP contribution in [0.3, 0.4) is 0 Å². The van der Waals surface area contributed by atoms with Crippen molar-refractivity contribution in [1.29, 1.82) is 0 Å². The third-order valence-electron chi connectivity index (χ3n) is 4.74. The Morgan fingerprint density at radius 1 is 1.25 bits per heavy atom. The Bertz CT molecular complexity index is 1130. The first-order valence-electron chi connectivity index (χ1n) is 8.76. The fourth-order valence-corrected chi connectivity index (χ4v) is 3.41. The number of anilines is 1. The molecule has 0 aliphatic carbocycles. The van der Waals surface area contributed by atoms with Gasteiger partial charge in [-0.15, -0.1) is 0 Å². The molecule has 0 aliphatic rings. The number of aliphatic hydroxyl groups is 1. The largest absolute Gasteiger partial charge is 0.395 e. The van der Waals surface area contributed by atoms with E-state index in [0.717, 1.165) is 4.57 Å². The van der Waals surface area contributed by atoms with Crippen molar-refractivity contribution >= 4 is 28.7 Å². The molecule has 1 aromatic carbocycles. The van der Waals surface area contributed by atoms with E-state index in [1.807, 2.05) is 6.92 Å². The van der Waals surface area contributed by atoms with Crippen molar-refractivity contribution in [1.82, 2.24) is 18.7 Å². The maximum atomic E-state index is 14.4. The van der Waals surface area contributed by atoms with E-state index in [1.165, 1.54) is 30.8 Å². The number of hydrogen-bond acceptors (Lipinski definition) is 5. The van der Waals surface area contributed by atoms with Gasteiger partial charge in [-0.1, -0.05) is 17.7 Å². The van der Waals surface area contributed by atoms with Crippen LogP contribution in [0.5, 0.6) is 0 Å². The van der Waals surface area contributed by atoms with E-state index in [9.17, 15) is 19.1 Å². The molecule has 150 valence electrons. The normalized spacial score (nSPS) is 11.4. The number of imidazole rings is 1. The zero-order valence-electron chi connectivity index (χ0n) is 15.8. The molecular formula is C18H21ClFN5O3. The summed E-state index contributed by atoms with van der Waals surface area (Å²) in [6.07, 6.45) is 0. The number of aromatic nitrogens is 4. The van der Waals surface area contributed by atoms with Gasteiger partial charge in [0.15, 0.2) is 11.2 Å². The molecule has 28 heavy (non-hydrogen) atoms. The summed E-state index contributed by atoms with van der Waals surface area (Å²) in [5.74, 6) is -0.156. The predicted octanol–water partition coefficient (Wildman–Crippen LogP) is 1.09. The minimum absolute atomic E-state index is 0.0489. The summed E-state index contributed by atoms with van der Waals surface area (Å²) >= 11 is 6.19. The van der Waals surface area contributed by atoms with E-state index >= 15 is 0 Å². The zero-order valence-corrected chi connectivity index (χ0v) is 16.6. The summed E-state index contributed by atoms with van der Waals surface area (Å²) in [6.45, 7) is 2.44. The maximum absolute atomic E-state index is 14.4. The lowest BCUT2D eigenvalue weighted by atomic mass is 10.2. The molecule has 0 aliphatic heterocycles. The number of aryl methyl sites for hydroxylation is 1. The number of likely N-dealkylation sites (N-methyl/N-ethyl adjacent to an activating group) is 1. The molecule has 0 saturated heterocycles. The quantitative estimate of drug-likeness (QED) is 0.658. The van der Waals surface area contributed by atoms with Gasteiger partial charge in [0.2, 0.25) is 5.95 Å². The van der Waals surface area contributed by atoms with Crippen molar-refractivity contribution in [3.8, 4) is 0 Å². The molecule has 0 bridgehead atoms. The highest BCUT2D eigenvalue weighted by Gasteiger charge is 2.23. The third kappa shape index (κ3) is 3.20. The maximum Gasteiger partial charge on any atom is 0.332 e. The van der Waals surface area contributed by atoms with Crippen LogP contribution in [0.4, 0.5) is 10.3 Å². The molecule has 0 amide bonds. The summed E-state index contributed by atoms with van der Waals surface area (Å²) in [6, 6.07) is 4.36. The van der Waals surface area contributed by atoms with Crippen LogP contribution in [0, 0.1) is 5.82 Å². The Morgan fingerprint density at radius 2 is 1.96 bits per heavy atom. The van der Waals surface area contributed by atoms with Crippen LogP contribution in [0.15, 0.2) is 27.8 Å². The molecule has 2 aromatic heterocycles. The van der Waals surface area contributed by atoms with Crippen molar-refractivity contribution < 1.29 is 9.50 Å². The fraction of sp³-hybridized carbons (Fsp3) is 0.389. The summed E-state index contributed by atoms with van der Waals surface area (Å²) in [7, 11) is 2.89. The molecule has 0 spiro atoms. The van der Waals surface area contributed by atoms with Crippen molar-refractivity contribution in [2.75, 3.05) is 24.6 Å². The van der Waals surface area contributed by atoms with Gasteiger partial charge >= 0.3 is 5.69 Å². The van der Waals surface area contributed by atoms with Crippen LogP contribution in [0.2, 0.25) is 5.02 Å². The van der Waals surface area contributed by atoms with Crippen LogP contribution >= 0.6 is 11.6 Å². The highest BCUT2D eigenvalue weighted by molar-refractivity contribution is 6.31. The van der Waals surface area contributed by atoms with Gasteiger partial charge in [-0.05, 0) is 19.1 Å². The Kier molecular flexibility index (Phi) is 5.57. The Labute approximate surface area is 165 Å². The standard InChI is InChI=1S/C18H21ClFN5O3/c1-4-24(8-9-26)17-21-15-14(16(27)23(3)18(28)22(15)2)25(17)10-11-12(19)6-5-7-13(11)20/h5-7,26H,4,8-10H2,1-3H3. The first kappa shape index (κ1) is 20.1. The van der Waals surface area contributed by atoms with Gasteiger partial charge in [0.1, 0.15) is 5.82 Å². The number of benzene rings is 1. The number of fused-ring (bicyclic) bond motifs is 1. The van der Waals surface area contributed by atoms with E-state index in [0.29, 0.717) is 12.5 Å². The zero-order chi connectivity index (χ0) is 20.6. The van der Waals surface area contributed by atoms with Crippen molar-refractivity contribution in [2.45, 2.75) is 13.5 Å². The first-order valence-corrected chi connectivity index (χ1v) is 9.14. The third-order valence-corrected chi connectivity index (χ3v) is 5.09. The molecule has 0 radical (unpaired) electrons. The number of halogens is 2. The topological polar surface area (TPSA) is 85.3 Å². The number of aliphatic hydroxyl groups excluding tert-OH is 1. The van der Waals surface area contributed by atoms with Gasteiger partial charge in [0.05, 0.1) is 13.2 Å². The molecule has 2 heterocycles. The van der Waals surface area contributed by atoms with Gasteiger partial charge in [-0.3, -0.25) is 18.5 Å². The molecule has 0 saturated carbocycles. The minimum atomic E-state index is -0.538. The average Bonchev–Trinajstić information content (AvgIpc) is 3.05. The number of rotatable bonds is 6. The second-order valence-corrected chi connectivity index (χ2v) is 6.79. The van der Waals surface area contributed by atoms with Gasteiger partial charge < -0.3 is 10.0 Å². The summed E-state index contributed by atoms with van der Waals surface area (Å²) in [5.41, 5.74) is -0.491. The first-order chi connectivity index (χ1) is 13.3. The molecule has 0 atom stereocenters. The summed E-state index contributed by atoms with van der Waals surface area (Å²) in [5, 5.41) is 9.61. The molecule has 3 aromatic rings. The fourth-order valence-electron chi connectivity index (χ4n) is 3.19. The molecule has 0 fully saturated rings. The number of hydrogen-bond donors (Lipinski definition) is 1. The molecular weight excluding hydrogens is 389 g/mol. The van der Waals surface area contributed by atoms with Gasteiger partial charge in [-0.25, -0.2) is 9.18 Å². The van der Waals surface area contributed by atoms with E-state index < -0.39 is 17.1 Å². The molecule has 10 heteroatoms. The van der Waals surface area contributed by atoms with Gasteiger partial charge in [0, 0.05) is 37.8 Å². The monoisotopic (exact) mass is 409 g/mol. The van der Waals surface area contributed by atoms with Crippen molar-refractivity contribution in [3.63, 3.8) is 0 Å². The van der Waals surface area contributed by atoms with E-state index in [-0.39, 0.29) is 41.4 Å². The highest BCUT2D eigenvalue weighted by Crippen LogP contribution is 2.25. The van der Waals surface area contributed by atoms with Gasteiger partial charge in [-0.2, -0.15) is 4.98 Å². The second kappa shape index (κ2) is 7.76. The predicted molar refractivity (Wildman–Crippen MR) is 106 cm³/mol.